The molecule has 4 nitrogen and oxygen atoms in total. The molecular weight excluding hydrogens is 411 g/mol. The van der Waals surface area contributed by atoms with E-state index in [2.05, 4.69) is 10.6 Å². The van der Waals surface area contributed by atoms with E-state index in [-0.39, 0.29) is 5.56 Å². The average Bonchev–Trinajstić information content (AvgIpc) is 2.63. The average molecular weight is 429 g/mol. The summed E-state index contributed by atoms with van der Waals surface area (Å²) in [7, 11) is 1.31. The number of rotatable bonds is 7. The van der Waals surface area contributed by atoms with Crippen LogP contribution in [-0.4, -0.2) is 30.5 Å². The Morgan fingerprint density at radius 2 is 1.96 bits per heavy atom. The number of hydrogen-bond acceptors (Lipinski definition) is 4. The second-order valence-electron chi connectivity index (χ2n) is 5.21. The molecule has 0 aliphatic heterocycles. The van der Waals surface area contributed by atoms with Gasteiger partial charge in [-0.15, -0.1) is 0 Å². The second-order valence-corrected chi connectivity index (χ2v) is 7.54. The number of nitrogens with one attached hydrogen (secondary N) is 2. The fraction of sp³-hybridized carbons (Fsp3) is 0.222. The van der Waals surface area contributed by atoms with Gasteiger partial charge in [0.05, 0.1) is 17.7 Å². The van der Waals surface area contributed by atoms with Gasteiger partial charge in [-0.1, -0.05) is 41.4 Å². The van der Waals surface area contributed by atoms with Crippen molar-refractivity contribution in [2.24, 2.45) is 0 Å². The summed E-state index contributed by atoms with van der Waals surface area (Å²) in [6.45, 7) is 0.707. The van der Waals surface area contributed by atoms with Crippen molar-refractivity contribution in [2.75, 3.05) is 24.7 Å². The topological polar surface area (TPSA) is 50.4 Å². The molecule has 0 fully saturated rings. The lowest BCUT2D eigenvalue weighted by Gasteiger charge is -2.12. The predicted octanol–water partition coefficient (Wildman–Crippen LogP) is 5.00. The molecule has 0 saturated carbocycles. The molecule has 0 amide bonds. The molecule has 0 spiro atoms. The van der Waals surface area contributed by atoms with Crippen LogP contribution in [-0.2, 0) is 10.5 Å². The Bertz CT molecular complexity index is 788. The van der Waals surface area contributed by atoms with Crippen LogP contribution in [0.4, 0.5) is 5.69 Å². The molecule has 2 aromatic rings. The minimum absolute atomic E-state index is 0.289. The second kappa shape index (κ2) is 10.6. The Kier molecular flexibility index (Phi) is 8.51. The molecule has 26 heavy (non-hydrogen) atoms. The molecule has 8 heteroatoms. The van der Waals surface area contributed by atoms with Crippen LogP contribution >= 0.6 is 47.2 Å². The summed E-state index contributed by atoms with van der Waals surface area (Å²) in [6.07, 6.45) is 0. The highest BCUT2D eigenvalue weighted by molar-refractivity contribution is 7.98. The van der Waals surface area contributed by atoms with Crippen LogP contribution < -0.4 is 10.6 Å². The molecule has 138 valence electrons. The predicted molar refractivity (Wildman–Crippen MR) is 115 cm³/mol. The number of methoxy groups -OCH3 is 1. The van der Waals surface area contributed by atoms with Crippen LogP contribution in [0.15, 0.2) is 42.5 Å². The number of thioether (sulfide) groups is 1. The van der Waals surface area contributed by atoms with Crippen molar-refractivity contribution >= 4 is 64.0 Å². The van der Waals surface area contributed by atoms with Gasteiger partial charge >= 0.3 is 5.97 Å². The van der Waals surface area contributed by atoms with Gasteiger partial charge in [0.15, 0.2) is 5.11 Å². The highest BCUT2D eigenvalue weighted by Crippen LogP contribution is 2.22. The van der Waals surface area contributed by atoms with Gasteiger partial charge in [0, 0.05) is 28.8 Å². The van der Waals surface area contributed by atoms with Crippen LogP contribution in [0.25, 0.3) is 0 Å². The molecule has 0 bridgehead atoms. The number of anilines is 1. The molecule has 0 atom stereocenters. The highest BCUT2D eigenvalue weighted by Gasteiger charge is 2.11. The number of ether oxygens (including phenoxy) is 1. The zero-order valence-corrected chi connectivity index (χ0v) is 17.2. The summed E-state index contributed by atoms with van der Waals surface area (Å²) >= 11 is 19.2. The Morgan fingerprint density at radius 1 is 1.19 bits per heavy atom. The number of esters is 1. The molecule has 0 aromatic heterocycles. The zero-order chi connectivity index (χ0) is 18.9. The summed E-state index contributed by atoms with van der Waals surface area (Å²) in [5.41, 5.74) is 2.07. The van der Waals surface area contributed by atoms with E-state index >= 15 is 0 Å². The summed E-state index contributed by atoms with van der Waals surface area (Å²) < 4.78 is 4.70. The lowest BCUT2D eigenvalue weighted by Crippen LogP contribution is -2.30. The van der Waals surface area contributed by atoms with Gasteiger partial charge in [-0.05, 0) is 42.0 Å². The van der Waals surface area contributed by atoms with Gasteiger partial charge in [0.2, 0.25) is 0 Å². The number of carbonyl (C=O) groups is 1. The molecule has 0 aliphatic carbocycles. The van der Waals surface area contributed by atoms with Crippen molar-refractivity contribution in [2.45, 2.75) is 5.75 Å². The first kappa shape index (κ1) is 20.8. The fourth-order valence-electron chi connectivity index (χ4n) is 2.08. The van der Waals surface area contributed by atoms with E-state index in [0.717, 1.165) is 22.1 Å². The SMILES string of the molecule is COC(=O)c1cc(NC(=S)NCCSCc2ccccc2Cl)ccc1Cl. The number of carbonyl (C=O) groups excluding carboxylic acids is 1. The minimum Gasteiger partial charge on any atom is -0.465 e. The normalized spacial score (nSPS) is 10.3. The van der Waals surface area contributed by atoms with Crippen molar-refractivity contribution in [1.82, 2.24) is 5.32 Å². The van der Waals surface area contributed by atoms with Crippen LogP contribution in [0.2, 0.25) is 10.0 Å². The Hall–Kier alpha value is -1.47. The quantitative estimate of drug-likeness (QED) is 0.367. The monoisotopic (exact) mass is 428 g/mol. The standard InChI is InChI=1S/C18H18Cl2N2O2S2/c1-24-17(23)14-10-13(6-7-16(14)20)22-18(25)21-8-9-26-11-12-4-2-3-5-15(12)19/h2-7,10H,8-9,11H2,1H3,(H2,21,22,25). The van der Waals surface area contributed by atoms with Gasteiger partial charge in [0.1, 0.15) is 0 Å². The van der Waals surface area contributed by atoms with Crippen LogP contribution in [0.1, 0.15) is 15.9 Å². The van der Waals surface area contributed by atoms with Crippen molar-refractivity contribution in [3.05, 3.63) is 63.6 Å². The molecule has 0 unspecified atom stereocenters. The fourth-order valence-corrected chi connectivity index (χ4v) is 3.64. The van der Waals surface area contributed by atoms with E-state index in [1.165, 1.54) is 7.11 Å². The lowest BCUT2D eigenvalue weighted by atomic mass is 10.2. The summed E-state index contributed by atoms with van der Waals surface area (Å²) in [6, 6.07) is 12.8. The summed E-state index contributed by atoms with van der Waals surface area (Å²) in [5.74, 6) is 1.23. The summed E-state index contributed by atoms with van der Waals surface area (Å²) in [4.78, 5) is 11.7. The zero-order valence-electron chi connectivity index (χ0n) is 14.1. The van der Waals surface area contributed by atoms with E-state index < -0.39 is 5.97 Å². The third-order valence-corrected chi connectivity index (χ3v) is 5.33. The van der Waals surface area contributed by atoms with E-state index in [4.69, 9.17) is 40.2 Å². The molecule has 2 rings (SSSR count). The number of benzene rings is 2. The Morgan fingerprint density at radius 3 is 2.69 bits per heavy atom. The van der Waals surface area contributed by atoms with Crippen LogP contribution in [0, 0.1) is 0 Å². The third kappa shape index (κ3) is 6.36. The first-order valence-corrected chi connectivity index (χ1v) is 10.1. The largest absolute Gasteiger partial charge is 0.465 e. The van der Waals surface area contributed by atoms with E-state index in [1.54, 1.807) is 30.0 Å². The van der Waals surface area contributed by atoms with Crippen LogP contribution in [0.5, 0.6) is 0 Å². The maximum absolute atomic E-state index is 11.7. The van der Waals surface area contributed by atoms with Gasteiger partial charge < -0.3 is 15.4 Å². The van der Waals surface area contributed by atoms with Crippen molar-refractivity contribution in [1.29, 1.82) is 0 Å². The number of hydrogen-bond donors (Lipinski definition) is 2. The van der Waals surface area contributed by atoms with Gasteiger partial charge in [-0.3, -0.25) is 0 Å². The maximum Gasteiger partial charge on any atom is 0.339 e. The van der Waals surface area contributed by atoms with E-state index in [0.29, 0.717) is 22.4 Å². The summed E-state index contributed by atoms with van der Waals surface area (Å²) in [5, 5.41) is 7.75. The molecule has 2 N–H and O–H groups in total. The van der Waals surface area contributed by atoms with Gasteiger partial charge in [-0.25, -0.2) is 4.79 Å². The first-order valence-electron chi connectivity index (χ1n) is 7.75. The maximum atomic E-state index is 11.7. The van der Waals surface area contributed by atoms with Crippen molar-refractivity contribution in [3.8, 4) is 0 Å². The molecule has 0 aliphatic rings. The molecule has 0 heterocycles. The third-order valence-electron chi connectivity index (χ3n) is 3.38. The highest BCUT2D eigenvalue weighted by atomic mass is 35.5. The number of thiocarbonyl (C=S) groups is 1. The Balaban J connectivity index is 1.75. The van der Waals surface area contributed by atoms with Gasteiger partial charge in [0.25, 0.3) is 0 Å². The van der Waals surface area contributed by atoms with Gasteiger partial charge in [-0.2, -0.15) is 11.8 Å². The molecule has 0 radical (unpaired) electrons. The van der Waals surface area contributed by atoms with E-state index in [1.807, 2.05) is 24.3 Å². The molecule has 2 aromatic carbocycles. The first-order chi connectivity index (χ1) is 12.5. The lowest BCUT2D eigenvalue weighted by molar-refractivity contribution is 0.0601. The van der Waals surface area contributed by atoms with Crippen molar-refractivity contribution < 1.29 is 9.53 Å². The Labute approximate surface area is 172 Å². The van der Waals surface area contributed by atoms with Crippen molar-refractivity contribution in [3.63, 3.8) is 0 Å². The van der Waals surface area contributed by atoms with E-state index in [9.17, 15) is 4.79 Å². The smallest absolute Gasteiger partial charge is 0.339 e. The molecule has 0 saturated heterocycles. The minimum atomic E-state index is -0.492. The molecular formula is C18H18Cl2N2O2S2. The van der Waals surface area contributed by atoms with Crippen LogP contribution in [0.3, 0.4) is 0 Å². The number of halogens is 2.